The molecule has 0 aromatic heterocycles. The van der Waals surface area contributed by atoms with Crippen LogP contribution < -0.4 is 0 Å². The maximum Gasteiger partial charge on any atom is 0.178 e. The van der Waals surface area contributed by atoms with Gasteiger partial charge in [-0.1, -0.05) is 41.4 Å². The predicted octanol–water partition coefficient (Wildman–Crippen LogP) is 3.41. The van der Waals surface area contributed by atoms with E-state index in [-0.39, 0.29) is 17.1 Å². The maximum absolute atomic E-state index is 12.2. The van der Waals surface area contributed by atoms with Crippen LogP contribution in [0.3, 0.4) is 0 Å². The Labute approximate surface area is 133 Å². The molecule has 2 aromatic carbocycles. The molecule has 0 bridgehead atoms. The summed E-state index contributed by atoms with van der Waals surface area (Å²) in [5, 5.41) is 11.9. The molecule has 21 heavy (non-hydrogen) atoms. The Balaban J connectivity index is 2.30. The zero-order valence-electron chi connectivity index (χ0n) is 10.9. The Kier molecular flexibility index (Phi) is 3.53. The minimum atomic E-state index is -3.38. The van der Waals surface area contributed by atoms with E-state index in [0.717, 1.165) is 0 Å². The number of hydrogen-bond donors (Lipinski definition) is 1. The van der Waals surface area contributed by atoms with E-state index in [2.05, 4.69) is 0 Å². The Morgan fingerprint density at radius 1 is 1.05 bits per heavy atom. The van der Waals surface area contributed by atoms with Crippen molar-refractivity contribution in [3.8, 4) is 0 Å². The van der Waals surface area contributed by atoms with Gasteiger partial charge in [0.2, 0.25) is 0 Å². The van der Waals surface area contributed by atoms with E-state index in [1.54, 1.807) is 36.4 Å². The number of fused-ring (bicyclic) bond motifs is 1. The van der Waals surface area contributed by atoms with Gasteiger partial charge < -0.3 is 5.11 Å². The van der Waals surface area contributed by atoms with Crippen molar-refractivity contribution in [2.24, 2.45) is 0 Å². The number of sulfone groups is 1. The van der Waals surface area contributed by atoms with Crippen molar-refractivity contribution >= 4 is 33.0 Å². The lowest BCUT2D eigenvalue weighted by Crippen LogP contribution is -2.36. The molecule has 110 valence electrons. The van der Waals surface area contributed by atoms with Crippen LogP contribution in [0.5, 0.6) is 0 Å². The monoisotopic (exact) mass is 342 g/mol. The highest BCUT2D eigenvalue weighted by atomic mass is 35.5. The minimum Gasteiger partial charge on any atom is -0.380 e. The second-order valence-corrected chi connectivity index (χ2v) is 7.97. The molecule has 3 rings (SSSR count). The second-order valence-electron chi connectivity index (χ2n) is 5.05. The van der Waals surface area contributed by atoms with Crippen LogP contribution in [-0.2, 0) is 15.4 Å². The first-order valence-corrected chi connectivity index (χ1v) is 8.75. The van der Waals surface area contributed by atoms with Crippen molar-refractivity contribution in [3.63, 3.8) is 0 Å². The second kappa shape index (κ2) is 4.99. The van der Waals surface area contributed by atoms with Gasteiger partial charge in [0.25, 0.3) is 0 Å². The van der Waals surface area contributed by atoms with Gasteiger partial charge in [-0.25, -0.2) is 8.42 Å². The Morgan fingerprint density at radius 3 is 2.52 bits per heavy atom. The molecular formula is C15H12Cl2O3S. The highest BCUT2D eigenvalue weighted by molar-refractivity contribution is 7.91. The molecule has 0 saturated carbocycles. The van der Waals surface area contributed by atoms with Crippen molar-refractivity contribution in [3.05, 3.63) is 63.6 Å². The number of benzene rings is 2. The van der Waals surface area contributed by atoms with Gasteiger partial charge in [0.1, 0.15) is 5.60 Å². The molecule has 1 N–H and O–H groups in total. The van der Waals surface area contributed by atoms with Gasteiger partial charge in [-0.3, -0.25) is 0 Å². The normalized spacial score (nSPS) is 23.6. The highest BCUT2D eigenvalue weighted by Crippen LogP contribution is 2.44. The fourth-order valence-corrected chi connectivity index (χ4v) is 4.79. The van der Waals surface area contributed by atoms with Crippen molar-refractivity contribution in [2.45, 2.75) is 16.9 Å². The largest absolute Gasteiger partial charge is 0.380 e. The smallest absolute Gasteiger partial charge is 0.178 e. The van der Waals surface area contributed by atoms with Crippen LogP contribution in [-0.4, -0.2) is 19.3 Å². The van der Waals surface area contributed by atoms with Gasteiger partial charge in [-0.2, -0.15) is 0 Å². The van der Waals surface area contributed by atoms with Crippen LogP contribution in [0, 0.1) is 0 Å². The fourth-order valence-electron chi connectivity index (χ4n) is 2.70. The standard InChI is InChI=1S/C15H12Cl2O3S/c16-10-5-6-13(17)12(9-10)15(18)7-8-21(19,20)14-4-2-1-3-11(14)15/h1-6,9,18H,7-8H2. The summed E-state index contributed by atoms with van der Waals surface area (Å²) in [4.78, 5) is 0.148. The Hall–Kier alpha value is -1.07. The molecule has 0 fully saturated rings. The van der Waals surface area contributed by atoms with Crippen molar-refractivity contribution < 1.29 is 13.5 Å². The SMILES string of the molecule is O=S1(=O)CCC(O)(c2cc(Cl)ccc2Cl)c2ccccc21. The third-order valence-corrected chi connectivity index (χ3v) is 6.11. The number of aliphatic hydroxyl groups is 1. The molecule has 0 amide bonds. The Bertz CT molecular complexity index is 817. The van der Waals surface area contributed by atoms with E-state index >= 15 is 0 Å². The third kappa shape index (κ3) is 2.36. The summed E-state index contributed by atoms with van der Waals surface area (Å²) in [6.07, 6.45) is 0.0480. The first-order valence-electron chi connectivity index (χ1n) is 6.35. The number of halogens is 2. The molecule has 1 aliphatic heterocycles. The molecule has 0 radical (unpaired) electrons. The third-order valence-electron chi connectivity index (χ3n) is 3.77. The van der Waals surface area contributed by atoms with Crippen LogP contribution in [0.25, 0.3) is 0 Å². The summed E-state index contributed by atoms with van der Waals surface area (Å²) in [6, 6.07) is 11.3. The molecule has 0 saturated heterocycles. The van der Waals surface area contributed by atoms with Gasteiger partial charge in [-0.05, 0) is 30.7 Å². The first-order chi connectivity index (χ1) is 9.84. The summed E-state index contributed by atoms with van der Waals surface area (Å²) < 4.78 is 24.3. The summed E-state index contributed by atoms with van der Waals surface area (Å²) in [6.45, 7) is 0. The van der Waals surface area contributed by atoms with E-state index in [0.29, 0.717) is 21.2 Å². The predicted molar refractivity (Wildman–Crippen MR) is 82.6 cm³/mol. The van der Waals surface area contributed by atoms with Crippen molar-refractivity contribution in [1.82, 2.24) is 0 Å². The minimum absolute atomic E-state index is 0.0480. The molecule has 0 aliphatic carbocycles. The van der Waals surface area contributed by atoms with E-state index in [4.69, 9.17) is 23.2 Å². The lowest BCUT2D eigenvalue weighted by atomic mass is 9.83. The average Bonchev–Trinajstić information content (AvgIpc) is 2.46. The van der Waals surface area contributed by atoms with Crippen molar-refractivity contribution in [1.29, 1.82) is 0 Å². The van der Waals surface area contributed by atoms with E-state index in [9.17, 15) is 13.5 Å². The molecule has 1 aliphatic rings. The average molecular weight is 343 g/mol. The topological polar surface area (TPSA) is 54.4 Å². The summed E-state index contributed by atoms with van der Waals surface area (Å²) >= 11 is 12.2. The van der Waals surface area contributed by atoms with E-state index < -0.39 is 15.4 Å². The zero-order valence-corrected chi connectivity index (χ0v) is 13.2. The Morgan fingerprint density at radius 2 is 1.76 bits per heavy atom. The molecule has 1 heterocycles. The molecular weight excluding hydrogens is 331 g/mol. The first kappa shape index (κ1) is 14.9. The quantitative estimate of drug-likeness (QED) is 0.863. The number of hydrogen-bond acceptors (Lipinski definition) is 3. The highest BCUT2D eigenvalue weighted by Gasteiger charge is 2.42. The molecule has 1 atom stereocenters. The lowest BCUT2D eigenvalue weighted by Gasteiger charge is -2.35. The molecule has 2 aromatic rings. The van der Waals surface area contributed by atoms with Crippen LogP contribution in [0.1, 0.15) is 17.5 Å². The van der Waals surface area contributed by atoms with Crippen LogP contribution in [0.2, 0.25) is 10.0 Å². The molecule has 1 unspecified atom stereocenters. The maximum atomic E-state index is 12.2. The zero-order chi connectivity index (χ0) is 15.3. The van der Waals surface area contributed by atoms with Gasteiger partial charge in [0.05, 0.1) is 10.6 Å². The fraction of sp³-hybridized carbons (Fsp3) is 0.200. The summed E-state index contributed by atoms with van der Waals surface area (Å²) in [5.41, 5.74) is -0.677. The molecule has 3 nitrogen and oxygen atoms in total. The van der Waals surface area contributed by atoms with E-state index in [1.807, 2.05) is 0 Å². The van der Waals surface area contributed by atoms with Crippen LogP contribution in [0.15, 0.2) is 47.4 Å². The molecule has 6 heteroatoms. The summed E-state index contributed by atoms with van der Waals surface area (Å²) in [5.74, 6) is -0.136. The van der Waals surface area contributed by atoms with Gasteiger partial charge >= 0.3 is 0 Å². The van der Waals surface area contributed by atoms with Crippen LogP contribution in [0.4, 0.5) is 0 Å². The summed E-state index contributed by atoms with van der Waals surface area (Å²) in [7, 11) is -3.38. The van der Waals surface area contributed by atoms with Gasteiger partial charge in [-0.15, -0.1) is 0 Å². The van der Waals surface area contributed by atoms with Gasteiger partial charge in [0.15, 0.2) is 9.84 Å². The van der Waals surface area contributed by atoms with Crippen molar-refractivity contribution in [2.75, 3.05) is 5.75 Å². The van der Waals surface area contributed by atoms with E-state index in [1.165, 1.54) is 6.07 Å². The number of rotatable bonds is 1. The lowest BCUT2D eigenvalue weighted by molar-refractivity contribution is 0.0719. The molecule has 0 spiro atoms. The van der Waals surface area contributed by atoms with Crippen LogP contribution >= 0.6 is 23.2 Å². The van der Waals surface area contributed by atoms with Gasteiger partial charge in [0, 0.05) is 21.2 Å².